The van der Waals surface area contributed by atoms with Crippen molar-refractivity contribution in [2.24, 2.45) is 0 Å². The van der Waals surface area contributed by atoms with Crippen LogP contribution in [0.4, 0.5) is 41.0 Å². The fraction of sp³-hybridized carbons (Fsp3) is 0.385. The van der Waals surface area contributed by atoms with Crippen LogP contribution >= 0.6 is 11.6 Å². The number of urea groups is 1. The molecule has 3 aromatic rings. The molecule has 1 fully saturated rings. The van der Waals surface area contributed by atoms with Gasteiger partial charge in [-0.1, -0.05) is 38.4 Å². The number of aromatic nitrogens is 3. The minimum Gasteiger partial charge on any atom is -0.364 e. The number of amides is 2. The molecular formula is C26H28ClF3N8O2. The third-order valence-corrected chi connectivity index (χ3v) is 6.75. The van der Waals surface area contributed by atoms with Crippen molar-refractivity contribution in [1.82, 2.24) is 20.0 Å². The predicted molar refractivity (Wildman–Crippen MR) is 145 cm³/mol. The first-order chi connectivity index (χ1) is 18.8. The van der Waals surface area contributed by atoms with Gasteiger partial charge < -0.3 is 15.4 Å². The molecule has 1 saturated heterocycles. The lowest BCUT2D eigenvalue weighted by Gasteiger charge is -2.40. The lowest BCUT2D eigenvalue weighted by molar-refractivity contribution is -0.137. The van der Waals surface area contributed by atoms with Crippen LogP contribution in [0.15, 0.2) is 42.7 Å². The van der Waals surface area contributed by atoms with Gasteiger partial charge in [0.15, 0.2) is 5.82 Å². The van der Waals surface area contributed by atoms with Crippen LogP contribution in [0.2, 0.25) is 5.02 Å². The maximum atomic E-state index is 13.2. The van der Waals surface area contributed by atoms with E-state index in [0.717, 1.165) is 17.7 Å². The number of halogens is 4. The second-order valence-corrected chi connectivity index (χ2v) is 11.1. The topological polar surface area (TPSA) is 108 Å². The molecule has 14 heteroatoms. The van der Waals surface area contributed by atoms with E-state index in [1.807, 2.05) is 18.0 Å². The predicted octanol–water partition coefficient (Wildman–Crippen LogP) is 6.01. The Morgan fingerprint density at radius 1 is 1.02 bits per heavy atom. The molecule has 0 spiro atoms. The monoisotopic (exact) mass is 576 g/mol. The fourth-order valence-electron chi connectivity index (χ4n) is 4.64. The second-order valence-electron chi connectivity index (χ2n) is 10.7. The van der Waals surface area contributed by atoms with E-state index in [0.29, 0.717) is 36.2 Å². The number of rotatable bonds is 4. The molecular weight excluding hydrogens is 549 g/mol. The van der Waals surface area contributed by atoms with E-state index in [-0.39, 0.29) is 23.3 Å². The van der Waals surface area contributed by atoms with Crippen molar-refractivity contribution in [1.29, 1.82) is 0 Å². The molecule has 2 aromatic carbocycles. The molecule has 0 aliphatic carbocycles. The Labute approximate surface area is 233 Å². The number of carbonyl (C=O) groups is 1. The molecule has 3 unspecified atom stereocenters. The van der Waals surface area contributed by atoms with Crippen LogP contribution < -0.4 is 21.2 Å². The van der Waals surface area contributed by atoms with Gasteiger partial charge in [0.05, 0.1) is 28.9 Å². The molecule has 2 amide bonds. The number of anilines is 4. The van der Waals surface area contributed by atoms with Gasteiger partial charge in [0.1, 0.15) is 12.4 Å². The Morgan fingerprint density at radius 2 is 1.73 bits per heavy atom. The molecule has 3 atom stereocenters. The molecule has 10 nitrogen and oxygen atoms in total. The first-order valence-corrected chi connectivity index (χ1v) is 12.9. The zero-order valence-electron chi connectivity index (χ0n) is 22.2. The number of benzene rings is 2. The number of carbonyl (C=O) groups excluding carboxylic acids is 1. The first-order valence-electron chi connectivity index (χ1n) is 12.5. The van der Waals surface area contributed by atoms with E-state index in [2.05, 4.69) is 51.8 Å². The highest BCUT2D eigenvalue weighted by Crippen LogP contribution is 2.37. The normalized spacial score (nSPS) is 20.5. The Balaban J connectivity index is 1.41. The summed E-state index contributed by atoms with van der Waals surface area (Å²) in [6.07, 6.45) is -3.59. The Morgan fingerprint density at radius 3 is 2.42 bits per heavy atom. The number of ether oxygens (including phenoxy) is 1. The zero-order chi connectivity index (χ0) is 28.8. The van der Waals surface area contributed by atoms with Gasteiger partial charge in [-0.25, -0.2) is 9.78 Å². The van der Waals surface area contributed by atoms with E-state index >= 15 is 0 Å². The van der Waals surface area contributed by atoms with Gasteiger partial charge in [0, 0.05) is 17.9 Å². The lowest BCUT2D eigenvalue weighted by Crippen LogP contribution is -2.54. The highest BCUT2D eigenvalue weighted by atomic mass is 35.5. The molecule has 3 heterocycles. The van der Waals surface area contributed by atoms with Crippen LogP contribution in [0.25, 0.3) is 0 Å². The van der Waals surface area contributed by atoms with Crippen molar-refractivity contribution in [2.45, 2.75) is 51.5 Å². The summed E-state index contributed by atoms with van der Waals surface area (Å²) in [5.74, 6) is 0.939. The van der Waals surface area contributed by atoms with E-state index in [4.69, 9.17) is 16.3 Å². The van der Waals surface area contributed by atoms with Crippen molar-refractivity contribution in [3.8, 4) is 0 Å². The summed E-state index contributed by atoms with van der Waals surface area (Å²) >= 11 is 5.69. The van der Waals surface area contributed by atoms with Gasteiger partial charge >= 0.3 is 12.2 Å². The zero-order valence-corrected chi connectivity index (χ0v) is 22.9. The summed E-state index contributed by atoms with van der Waals surface area (Å²) in [6.45, 7) is 9.24. The molecule has 2 aliphatic heterocycles. The summed E-state index contributed by atoms with van der Waals surface area (Å²) in [5, 5.41) is 8.47. The summed E-state index contributed by atoms with van der Waals surface area (Å²) in [4.78, 5) is 25.9. The molecule has 212 valence electrons. The largest absolute Gasteiger partial charge is 0.417 e. The summed E-state index contributed by atoms with van der Waals surface area (Å²) in [7, 11) is 0. The van der Waals surface area contributed by atoms with Gasteiger partial charge in [-0.15, -0.1) is 0 Å². The second kappa shape index (κ2) is 10.4. The summed E-state index contributed by atoms with van der Waals surface area (Å²) in [6, 6.07) is 7.81. The average Bonchev–Trinajstić information content (AvgIpc) is 2.92. The van der Waals surface area contributed by atoms with Gasteiger partial charge in [0.2, 0.25) is 0 Å². The Hall–Kier alpha value is -3.68. The molecule has 0 radical (unpaired) electrons. The summed E-state index contributed by atoms with van der Waals surface area (Å²) < 4.78 is 45.7. The van der Waals surface area contributed by atoms with Gasteiger partial charge in [-0.05, 0) is 48.2 Å². The Bertz CT molecular complexity index is 1430. The number of hydrogen-bond acceptors (Lipinski definition) is 8. The maximum Gasteiger partial charge on any atom is 0.417 e. The standard InChI is InChI=1S/C26H28ClF3N8O2/c1-14-11-37-12-21(40-14)22-31-13-32-23(35-22)38(37)36-20-10-16(5-7-17(20)25(2,3)4)34-24(39)33-15-6-8-19(27)18(9-15)26(28,29)30/h5-10,13-14,21,36H,11-12H2,1-4H3,(H2,33,34,39). The molecule has 4 bridgehead atoms. The molecule has 1 aromatic heterocycles. The van der Waals surface area contributed by atoms with Gasteiger partial charge in [-0.2, -0.15) is 33.3 Å². The fourth-order valence-corrected chi connectivity index (χ4v) is 4.86. The van der Waals surface area contributed by atoms with Gasteiger partial charge in [-0.3, -0.25) is 5.43 Å². The average molecular weight is 577 g/mol. The van der Waals surface area contributed by atoms with Crippen LogP contribution in [0.3, 0.4) is 0 Å². The minimum absolute atomic E-state index is 0.0508. The van der Waals surface area contributed by atoms with Gasteiger partial charge in [0.25, 0.3) is 5.95 Å². The third-order valence-electron chi connectivity index (χ3n) is 6.42. The third kappa shape index (κ3) is 5.91. The minimum atomic E-state index is -4.65. The van der Waals surface area contributed by atoms with Crippen molar-refractivity contribution < 1.29 is 22.7 Å². The SMILES string of the molecule is CC1CN2CC(O1)c1ncnc(n1)N2Nc1cc(NC(=O)Nc2ccc(Cl)c(C(F)(F)F)c2)ccc1C(C)(C)C. The van der Waals surface area contributed by atoms with Crippen LogP contribution in [0.1, 0.15) is 50.8 Å². The molecule has 2 aliphatic rings. The highest BCUT2D eigenvalue weighted by Gasteiger charge is 2.37. The van der Waals surface area contributed by atoms with E-state index < -0.39 is 22.8 Å². The van der Waals surface area contributed by atoms with Crippen molar-refractivity contribution in [2.75, 3.05) is 34.3 Å². The number of fused-ring (bicyclic) bond motifs is 5. The van der Waals surface area contributed by atoms with Crippen LogP contribution in [-0.4, -0.2) is 45.2 Å². The first kappa shape index (κ1) is 27.9. The Kier molecular flexibility index (Phi) is 7.23. The number of hydrogen-bond donors (Lipinski definition) is 3. The molecule has 0 saturated carbocycles. The van der Waals surface area contributed by atoms with Crippen LogP contribution in [0.5, 0.6) is 0 Å². The van der Waals surface area contributed by atoms with E-state index in [9.17, 15) is 18.0 Å². The van der Waals surface area contributed by atoms with Crippen molar-refractivity contribution >= 4 is 40.6 Å². The van der Waals surface area contributed by atoms with Crippen molar-refractivity contribution in [3.63, 3.8) is 0 Å². The number of morpholine rings is 1. The number of alkyl halides is 3. The number of nitrogens with one attached hydrogen (secondary N) is 3. The quantitative estimate of drug-likeness (QED) is 0.347. The van der Waals surface area contributed by atoms with E-state index in [1.54, 1.807) is 17.3 Å². The maximum absolute atomic E-state index is 13.2. The van der Waals surface area contributed by atoms with E-state index in [1.165, 1.54) is 12.4 Å². The number of hydrazine groups is 2. The van der Waals surface area contributed by atoms with Crippen LogP contribution in [-0.2, 0) is 16.3 Å². The lowest BCUT2D eigenvalue weighted by atomic mass is 9.85. The number of nitrogens with zero attached hydrogens (tertiary/aromatic N) is 5. The smallest absolute Gasteiger partial charge is 0.364 e. The molecule has 3 N–H and O–H groups in total. The summed E-state index contributed by atoms with van der Waals surface area (Å²) in [5.41, 5.74) is 4.08. The molecule has 40 heavy (non-hydrogen) atoms. The van der Waals surface area contributed by atoms with Crippen LogP contribution in [0, 0.1) is 0 Å². The molecule has 5 rings (SSSR count). The van der Waals surface area contributed by atoms with Crippen molar-refractivity contribution in [3.05, 3.63) is 64.7 Å². The highest BCUT2D eigenvalue weighted by molar-refractivity contribution is 6.31.